The van der Waals surface area contributed by atoms with Crippen molar-refractivity contribution in [1.29, 1.82) is 0 Å². The average molecular weight is 225 g/mol. The van der Waals surface area contributed by atoms with Crippen molar-refractivity contribution in [2.24, 2.45) is 0 Å². The van der Waals surface area contributed by atoms with Gasteiger partial charge in [0.1, 0.15) is 11.6 Å². The number of methoxy groups -OCH3 is 1. The van der Waals surface area contributed by atoms with Crippen molar-refractivity contribution in [2.75, 3.05) is 18.6 Å². The summed E-state index contributed by atoms with van der Waals surface area (Å²) in [5, 5.41) is 9.34. The van der Waals surface area contributed by atoms with Gasteiger partial charge in [-0.05, 0) is 6.07 Å². The maximum absolute atomic E-state index is 13.2. The van der Waals surface area contributed by atoms with Gasteiger partial charge in [-0.2, -0.15) is 0 Å². The quantitative estimate of drug-likeness (QED) is 0.814. The zero-order valence-electron chi connectivity index (χ0n) is 8.81. The van der Waals surface area contributed by atoms with Gasteiger partial charge in [0.05, 0.1) is 31.9 Å². The van der Waals surface area contributed by atoms with Gasteiger partial charge in [-0.3, -0.25) is 4.79 Å². The van der Waals surface area contributed by atoms with E-state index < -0.39 is 11.9 Å². The number of ether oxygens (including phenoxy) is 1. The van der Waals surface area contributed by atoms with Gasteiger partial charge in [0.2, 0.25) is 5.91 Å². The predicted octanol–water partition coefficient (Wildman–Crippen LogP) is 0.932. The zero-order chi connectivity index (χ0) is 11.7. The van der Waals surface area contributed by atoms with Crippen molar-refractivity contribution < 1.29 is 19.0 Å². The second-order valence-corrected chi connectivity index (χ2v) is 3.71. The molecule has 86 valence electrons. The topological polar surface area (TPSA) is 49.8 Å². The lowest BCUT2D eigenvalue weighted by Crippen LogP contribution is -2.25. The first kappa shape index (κ1) is 10.9. The number of anilines is 1. The third-order valence-electron chi connectivity index (χ3n) is 2.51. The number of carbonyl (C=O) groups is 1. The Morgan fingerprint density at radius 2 is 2.25 bits per heavy atom. The molecule has 1 N–H and O–H groups in total. The number of halogens is 1. The normalized spacial score (nSPS) is 20.3. The molecule has 1 atom stereocenters. The van der Waals surface area contributed by atoms with Crippen molar-refractivity contribution in [3.8, 4) is 5.75 Å². The first-order valence-corrected chi connectivity index (χ1v) is 4.93. The molecule has 4 nitrogen and oxygen atoms in total. The second-order valence-electron chi connectivity index (χ2n) is 3.71. The standard InChI is InChI=1S/C11H12FNO3/c1-16-10-3-7(12)2-8(4-10)13-6-9(14)5-11(13)15/h2-4,9,14H,5-6H2,1H3. The predicted molar refractivity (Wildman–Crippen MR) is 55.9 cm³/mol. The first-order chi connectivity index (χ1) is 7.60. The Kier molecular flexibility index (Phi) is 2.78. The van der Waals surface area contributed by atoms with Crippen LogP contribution in [0, 0.1) is 5.82 Å². The van der Waals surface area contributed by atoms with Crippen LogP contribution in [0.15, 0.2) is 18.2 Å². The Hall–Kier alpha value is -1.62. The van der Waals surface area contributed by atoms with Crippen LogP contribution in [0.1, 0.15) is 6.42 Å². The zero-order valence-corrected chi connectivity index (χ0v) is 8.81. The molecule has 0 aliphatic carbocycles. The van der Waals surface area contributed by atoms with Gasteiger partial charge in [-0.1, -0.05) is 0 Å². The molecule has 0 aromatic heterocycles. The third-order valence-corrected chi connectivity index (χ3v) is 2.51. The summed E-state index contributed by atoms with van der Waals surface area (Å²) in [5.74, 6) is -0.326. The van der Waals surface area contributed by atoms with E-state index in [1.165, 1.54) is 24.1 Å². The van der Waals surface area contributed by atoms with Crippen LogP contribution in [0.25, 0.3) is 0 Å². The monoisotopic (exact) mass is 225 g/mol. The average Bonchev–Trinajstić information content (AvgIpc) is 2.57. The molecule has 1 unspecified atom stereocenters. The largest absolute Gasteiger partial charge is 0.497 e. The van der Waals surface area contributed by atoms with Crippen molar-refractivity contribution in [1.82, 2.24) is 0 Å². The highest BCUT2D eigenvalue weighted by atomic mass is 19.1. The number of aliphatic hydroxyl groups excluding tert-OH is 1. The molecule has 0 spiro atoms. The third kappa shape index (κ3) is 1.99. The maximum Gasteiger partial charge on any atom is 0.229 e. The fourth-order valence-electron chi connectivity index (χ4n) is 1.76. The minimum atomic E-state index is -0.679. The number of benzene rings is 1. The number of carbonyl (C=O) groups excluding carboxylic acids is 1. The van der Waals surface area contributed by atoms with Crippen LogP contribution >= 0.6 is 0 Å². The molecular weight excluding hydrogens is 213 g/mol. The van der Waals surface area contributed by atoms with Gasteiger partial charge in [-0.15, -0.1) is 0 Å². The van der Waals surface area contributed by atoms with E-state index in [1.807, 2.05) is 0 Å². The number of rotatable bonds is 2. The SMILES string of the molecule is COc1cc(F)cc(N2CC(O)CC2=O)c1. The summed E-state index contributed by atoms with van der Waals surface area (Å²) in [5.41, 5.74) is 0.415. The molecule has 1 aromatic rings. The molecule has 2 rings (SSSR count). The highest BCUT2D eigenvalue weighted by Crippen LogP contribution is 2.26. The molecule has 1 amide bonds. The van der Waals surface area contributed by atoms with E-state index in [9.17, 15) is 14.3 Å². The fourth-order valence-corrected chi connectivity index (χ4v) is 1.76. The molecule has 1 fully saturated rings. The van der Waals surface area contributed by atoms with Crippen molar-refractivity contribution in [3.63, 3.8) is 0 Å². The Labute approximate surface area is 92.2 Å². The Balaban J connectivity index is 2.33. The van der Waals surface area contributed by atoms with Gasteiger partial charge >= 0.3 is 0 Å². The molecule has 0 radical (unpaired) electrons. The number of hydrogen-bond donors (Lipinski definition) is 1. The minimum Gasteiger partial charge on any atom is -0.497 e. The number of nitrogens with zero attached hydrogens (tertiary/aromatic N) is 1. The van der Waals surface area contributed by atoms with E-state index >= 15 is 0 Å². The maximum atomic E-state index is 13.2. The summed E-state index contributed by atoms with van der Waals surface area (Å²) in [4.78, 5) is 12.9. The van der Waals surface area contributed by atoms with Crippen molar-refractivity contribution in [3.05, 3.63) is 24.0 Å². The van der Waals surface area contributed by atoms with Crippen LogP contribution in [-0.4, -0.2) is 30.8 Å². The molecule has 0 saturated carbocycles. The lowest BCUT2D eigenvalue weighted by atomic mass is 10.2. The van der Waals surface area contributed by atoms with Crippen molar-refractivity contribution in [2.45, 2.75) is 12.5 Å². The molecular formula is C11H12FNO3. The highest BCUT2D eigenvalue weighted by molar-refractivity contribution is 5.96. The molecule has 1 heterocycles. The molecule has 1 saturated heterocycles. The number of β-amino-alcohol motifs (C(OH)–C–C–N with tert-alkyl or cyclic N) is 1. The van der Waals surface area contributed by atoms with Crippen LogP contribution in [0.4, 0.5) is 10.1 Å². The van der Waals surface area contributed by atoms with E-state index in [-0.39, 0.29) is 18.9 Å². The van der Waals surface area contributed by atoms with Crippen LogP contribution < -0.4 is 9.64 Å². The van der Waals surface area contributed by atoms with Crippen LogP contribution in [0.3, 0.4) is 0 Å². The van der Waals surface area contributed by atoms with Crippen LogP contribution in [0.5, 0.6) is 5.75 Å². The second kappa shape index (κ2) is 4.09. The lowest BCUT2D eigenvalue weighted by molar-refractivity contribution is -0.117. The number of aliphatic hydroxyl groups is 1. The summed E-state index contributed by atoms with van der Waals surface area (Å²) in [7, 11) is 1.43. The summed E-state index contributed by atoms with van der Waals surface area (Å²) in [6.07, 6.45) is -0.597. The molecule has 5 heteroatoms. The molecule has 1 aliphatic heterocycles. The van der Waals surface area contributed by atoms with Crippen LogP contribution in [-0.2, 0) is 4.79 Å². The fraction of sp³-hybridized carbons (Fsp3) is 0.364. The summed E-state index contributed by atoms with van der Waals surface area (Å²) >= 11 is 0. The highest BCUT2D eigenvalue weighted by Gasteiger charge is 2.29. The van der Waals surface area contributed by atoms with Gasteiger partial charge in [0.15, 0.2) is 0 Å². The van der Waals surface area contributed by atoms with E-state index in [0.717, 1.165) is 0 Å². The van der Waals surface area contributed by atoms with Gasteiger partial charge in [0.25, 0.3) is 0 Å². The number of hydrogen-bond acceptors (Lipinski definition) is 3. The van der Waals surface area contributed by atoms with E-state index in [0.29, 0.717) is 11.4 Å². The smallest absolute Gasteiger partial charge is 0.229 e. The molecule has 1 aliphatic rings. The summed E-state index contributed by atoms with van der Waals surface area (Å²) in [6.45, 7) is 0.200. The number of amides is 1. The van der Waals surface area contributed by atoms with Gasteiger partial charge < -0.3 is 14.7 Å². The summed E-state index contributed by atoms with van der Waals surface area (Å²) < 4.78 is 18.1. The van der Waals surface area contributed by atoms with E-state index in [4.69, 9.17) is 4.74 Å². The lowest BCUT2D eigenvalue weighted by Gasteiger charge is -2.16. The molecule has 16 heavy (non-hydrogen) atoms. The van der Waals surface area contributed by atoms with E-state index in [2.05, 4.69) is 0 Å². The van der Waals surface area contributed by atoms with Gasteiger partial charge in [-0.25, -0.2) is 4.39 Å². The van der Waals surface area contributed by atoms with Crippen LogP contribution in [0.2, 0.25) is 0 Å². The first-order valence-electron chi connectivity index (χ1n) is 4.93. The minimum absolute atomic E-state index is 0.0822. The molecule has 0 bridgehead atoms. The Morgan fingerprint density at radius 1 is 1.50 bits per heavy atom. The van der Waals surface area contributed by atoms with Crippen molar-refractivity contribution >= 4 is 11.6 Å². The van der Waals surface area contributed by atoms with Gasteiger partial charge in [0, 0.05) is 12.1 Å². The molecule has 1 aromatic carbocycles. The Bertz CT molecular complexity index is 422. The Morgan fingerprint density at radius 3 is 2.81 bits per heavy atom. The summed E-state index contributed by atoms with van der Waals surface area (Å²) in [6, 6.07) is 4.05. The van der Waals surface area contributed by atoms with E-state index in [1.54, 1.807) is 6.07 Å².